The normalized spacial score (nSPS) is 20.9. The Morgan fingerprint density at radius 2 is 1.77 bits per heavy atom. The lowest BCUT2D eigenvalue weighted by Gasteiger charge is -2.54. The molecular formula is C38H42F4N8O2. The first kappa shape index (κ1) is 33.4. The summed E-state index contributed by atoms with van der Waals surface area (Å²) >= 11 is 0. The molecule has 2 aromatic carbocycles. The molecule has 10 nitrogen and oxygen atoms in total. The summed E-state index contributed by atoms with van der Waals surface area (Å²) in [6.07, 6.45) is 4.09. The van der Waals surface area contributed by atoms with Gasteiger partial charge in [-0.3, -0.25) is 14.8 Å². The number of nitrogens with one attached hydrogen (secondary N) is 1. The highest BCUT2D eigenvalue weighted by atomic mass is 19.4. The topological polar surface area (TPSA) is 93.7 Å². The van der Waals surface area contributed by atoms with Gasteiger partial charge in [0, 0.05) is 72.6 Å². The van der Waals surface area contributed by atoms with Crippen molar-refractivity contribution in [3.05, 3.63) is 47.9 Å². The van der Waals surface area contributed by atoms with Crippen LogP contribution in [0.4, 0.5) is 29.3 Å². The van der Waals surface area contributed by atoms with Crippen molar-refractivity contribution in [2.75, 3.05) is 68.8 Å². The van der Waals surface area contributed by atoms with Crippen LogP contribution in [0.2, 0.25) is 0 Å². The fraction of sp³-hybridized carbons (Fsp3) is 0.526. The Morgan fingerprint density at radius 1 is 1.04 bits per heavy atom. The maximum absolute atomic E-state index is 15.6. The molecule has 5 fully saturated rings. The molecule has 5 aliphatic rings. The maximum atomic E-state index is 15.6. The van der Waals surface area contributed by atoms with E-state index in [0.29, 0.717) is 82.5 Å². The van der Waals surface area contributed by atoms with Crippen molar-refractivity contribution in [2.24, 2.45) is 5.41 Å². The number of rotatable bonds is 8. The minimum atomic E-state index is -4.62. The molecule has 0 unspecified atom stereocenters. The number of benzene rings is 2. The molecule has 4 aromatic rings. The molecule has 52 heavy (non-hydrogen) atoms. The van der Waals surface area contributed by atoms with E-state index < -0.39 is 18.6 Å². The van der Waals surface area contributed by atoms with Gasteiger partial charge in [0.2, 0.25) is 11.9 Å². The van der Waals surface area contributed by atoms with Crippen LogP contribution in [0.15, 0.2) is 31.0 Å². The SMILES string of the molecule is C=CC(=O)N1CC2(CCN(c3nc(N4CC(N5CCCC5)C4)nc4c(OCC(F)(F)F)c(-c5c(C)c(F)cc6[nH]ncc56)c(C5CC5)cc34)CC2)C1. The average molecular weight is 719 g/mol. The summed E-state index contributed by atoms with van der Waals surface area (Å²) in [5.41, 5.74) is 2.79. The summed E-state index contributed by atoms with van der Waals surface area (Å²) in [7, 11) is 0. The van der Waals surface area contributed by atoms with Crippen molar-refractivity contribution in [1.82, 2.24) is 30.0 Å². The second-order valence-electron chi connectivity index (χ2n) is 15.5. The van der Waals surface area contributed by atoms with Crippen molar-refractivity contribution in [3.8, 4) is 16.9 Å². The first-order chi connectivity index (χ1) is 25.0. The molecule has 1 spiro atoms. The number of amides is 1. The Bertz CT molecular complexity index is 2070. The predicted molar refractivity (Wildman–Crippen MR) is 190 cm³/mol. The largest absolute Gasteiger partial charge is 0.481 e. The molecule has 9 rings (SSSR count). The van der Waals surface area contributed by atoms with Gasteiger partial charge in [0.1, 0.15) is 17.2 Å². The van der Waals surface area contributed by atoms with E-state index in [-0.39, 0.29) is 23.0 Å². The number of nitrogens with zero attached hydrogens (tertiary/aromatic N) is 7. The van der Waals surface area contributed by atoms with E-state index in [1.54, 1.807) is 13.1 Å². The Kier molecular flexibility index (Phi) is 7.90. The smallest absolute Gasteiger partial charge is 0.422 e. The number of piperidine rings is 1. The van der Waals surface area contributed by atoms with Crippen molar-refractivity contribution in [3.63, 3.8) is 0 Å². The quantitative estimate of drug-likeness (QED) is 0.167. The fourth-order valence-corrected chi connectivity index (χ4v) is 8.88. The Labute approximate surface area is 298 Å². The van der Waals surface area contributed by atoms with E-state index >= 15 is 4.39 Å². The second-order valence-corrected chi connectivity index (χ2v) is 15.5. The van der Waals surface area contributed by atoms with Crippen molar-refractivity contribution >= 4 is 39.5 Å². The van der Waals surface area contributed by atoms with Gasteiger partial charge in [-0.2, -0.15) is 23.3 Å². The molecule has 0 atom stereocenters. The number of alkyl halides is 3. The van der Waals surface area contributed by atoms with Crippen LogP contribution in [0, 0.1) is 18.2 Å². The van der Waals surface area contributed by atoms with Crippen LogP contribution in [0.5, 0.6) is 5.75 Å². The number of H-pyrrole nitrogens is 1. The summed E-state index contributed by atoms with van der Waals surface area (Å²) in [5, 5.41) is 8.25. The number of aromatic amines is 1. The van der Waals surface area contributed by atoms with Crippen LogP contribution in [-0.4, -0.2) is 107 Å². The van der Waals surface area contributed by atoms with Crippen LogP contribution in [-0.2, 0) is 4.79 Å². The van der Waals surface area contributed by atoms with Crippen molar-refractivity contribution < 1.29 is 27.1 Å². The zero-order valence-electron chi connectivity index (χ0n) is 29.2. The molecule has 0 radical (unpaired) electrons. The van der Waals surface area contributed by atoms with E-state index in [9.17, 15) is 18.0 Å². The molecule has 274 valence electrons. The van der Waals surface area contributed by atoms with Crippen LogP contribution < -0.4 is 14.5 Å². The highest BCUT2D eigenvalue weighted by Gasteiger charge is 2.47. The second kappa shape index (κ2) is 12.3. The maximum Gasteiger partial charge on any atom is 0.422 e. The van der Waals surface area contributed by atoms with Gasteiger partial charge in [0.25, 0.3) is 0 Å². The monoisotopic (exact) mass is 718 g/mol. The minimum Gasteiger partial charge on any atom is -0.481 e. The molecule has 6 heterocycles. The van der Waals surface area contributed by atoms with E-state index in [2.05, 4.69) is 31.5 Å². The molecule has 1 amide bonds. The number of likely N-dealkylation sites (tertiary alicyclic amines) is 2. The molecule has 14 heteroatoms. The third-order valence-electron chi connectivity index (χ3n) is 12.0. The summed E-state index contributed by atoms with van der Waals surface area (Å²) in [6, 6.07) is 3.77. The lowest BCUT2D eigenvalue weighted by atomic mass is 9.72. The number of anilines is 2. The van der Waals surface area contributed by atoms with Crippen molar-refractivity contribution in [1.29, 1.82) is 0 Å². The number of aromatic nitrogens is 4. The highest BCUT2D eigenvalue weighted by Crippen LogP contribution is 2.54. The van der Waals surface area contributed by atoms with Crippen LogP contribution in [0.25, 0.3) is 32.9 Å². The van der Waals surface area contributed by atoms with Crippen LogP contribution in [0.3, 0.4) is 0 Å². The molecule has 1 N–H and O–H groups in total. The van der Waals surface area contributed by atoms with E-state index in [0.717, 1.165) is 57.4 Å². The fourth-order valence-electron chi connectivity index (χ4n) is 8.88. The summed E-state index contributed by atoms with van der Waals surface area (Å²) < 4.78 is 63.6. The Hall–Kier alpha value is -4.46. The highest BCUT2D eigenvalue weighted by molar-refractivity contribution is 6.06. The first-order valence-corrected chi connectivity index (χ1v) is 18.4. The number of carbonyl (C=O) groups excluding carboxylic acids is 1. The zero-order valence-corrected chi connectivity index (χ0v) is 29.2. The Balaban J connectivity index is 1.20. The number of fused-ring (bicyclic) bond motifs is 2. The molecule has 0 bridgehead atoms. The van der Waals surface area contributed by atoms with Gasteiger partial charge >= 0.3 is 6.18 Å². The van der Waals surface area contributed by atoms with E-state index in [1.165, 1.54) is 25.0 Å². The zero-order chi connectivity index (χ0) is 35.9. The summed E-state index contributed by atoms with van der Waals surface area (Å²) in [6.45, 7) is 10.1. The third-order valence-corrected chi connectivity index (χ3v) is 12.0. The minimum absolute atomic E-state index is 0.000457. The van der Waals surface area contributed by atoms with Crippen LogP contribution in [0.1, 0.15) is 55.6 Å². The number of hydrogen-bond donors (Lipinski definition) is 1. The molecule has 1 saturated carbocycles. The Morgan fingerprint density at radius 3 is 2.44 bits per heavy atom. The number of hydrogen-bond acceptors (Lipinski definition) is 8. The molecular weight excluding hydrogens is 676 g/mol. The number of ether oxygens (including phenoxy) is 1. The lowest BCUT2D eigenvalue weighted by molar-refractivity contribution is -0.153. The number of carbonyl (C=O) groups is 1. The predicted octanol–water partition coefficient (Wildman–Crippen LogP) is 6.34. The molecule has 2 aromatic heterocycles. The molecule has 4 saturated heterocycles. The van der Waals surface area contributed by atoms with E-state index in [4.69, 9.17) is 14.7 Å². The van der Waals surface area contributed by atoms with Gasteiger partial charge < -0.3 is 19.4 Å². The van der Waals surface area contributed by atoms with Crippen molar-refractivity contribution in [2.45, 2.75) is 63.6 Å². The molecule has 4 aliphatic heterocycles. The van der Waals surface area contributed by atoms with Gasteiger partial charge in [0.05, 0.1) is 11.7 Å². The third kappa shape index (κ3) is 5.73. The lowest BCUT2D eigenvalue weighted by Crippen LogP contribution is -2.61. The van der Waals surface area contributed by atoms with Gasteiger partial charge in [-0.1, -0.05) is 6.58 Å². The van der Waals surface area contributed by atoms with Gasteiger partial charge in [-0.15, -0.1) is 0 Å². The number of halogens is 4. The van der Waals surface area contributed by atoms with E-state index in [1.807, 2.05) is 11.0 Å². The average Bonchev–Trinajstić information content (AvgIpc) is 3.59. The summed E-state index contributed by atoms with van der Waals surface area (Å²) in [4.78, 5) is 31.1. The van der Waals surface area contributed by atoms with Crippen LogP contribution >= 0.6 is 0 Å². The van der Waals surface area contributed by atoms with Gasteiger partial charge in [0.15, 0.2) is 12.4 Å². The first-order valence-electron chi connectivity index (χ1n) is 18.4. The molecule has 1 aliphatic carbocycles. The van der Waals surface area contributed by atoms with Gasteiger partial charge in [-0.05, 0) is 93.8 Å². The summed E-state index contributed by atoms with van der Waals surface area (Å²) in [5.74, 6) is 0.648. The van der Waals surface area contributed by atoms with Gasteiger partial charge in [-0.25, -0.2) is 9.37 Å². The standard InChI is InChI=1S/C38H42F4N8O2/c1-3-30(51)50-19-37(20-50)8-12-48(13-9-37)35-26-14-25(23-6-7-23)32(31-22(2)28(39)15-29-27(31)16-43-46-29)34(52-21-38(40,41)42)33(26)44-36(45-35)49-17-24(18-49)47-10-4-5-11-47/h3,14-16,23-24H,1,4-13,17-21H2,2H3,(H,43,46).